The van der Waals surface area contributed by atoms with Crippen LogP contribution in [-0.4, -0.2) is 43.6 Å². The van der Waals surface area contributed by atoms with Crippen molar-refractivity contribution in [1.82, 2.24) is 0 Å². The first kappa shape index (κ1) is 23.2. The fraction of sp³-hybridized carbons (Fsp3) is 0.320. The number of thiophene rings is 1. The number of carbonyl (C=O) groups is 1. The summed E-state index contributed by atoms with van der Waals surface area (Å²) in [6.07, 6.45) is -1.56. The molecular formula is C25H23BrO7S. The summed E-state index contributed by atoms with van der Waals surface area (Å²) in [4.78, 5) is 13.8. The average Bonchev–Trinajstić information content (AvgIpc) is 3.46. The van der Waals surface area contributed by atoms with E-state index in [-0.39, 0.29) is 11.3 Å². The Kier molecular flexibility index (Phi) is 5.63. The number of benzene rings is 2. The predicted octanol–water partition coefficient (Wildman–Crippen LogP) is 3.95. The molecule has 1 fully saturated rings. The largest absolute Gasteiger partial charge is 0.496 e. The van der Waals surface area contributed by atoms with Gasteiger partial charge in [0.2, 0.25) is 0 Å². The van der Waals surface area contributed by atoms with E-state index in [1.165, 1.54) is 32.7 Å². The molecule has 2 N–H and O–H groups in total. The van der Waals surface area contributed by atoms with Crippen LogP contribution in [0.15, 0.2) is 58.4 Å². The van der Waals surface area contributed by atoms with Crippen LogP contribution in [0.4, 0.5) is 0 Å². The standard InChI is InChI=1S/C25H23BrO7S/c1-30-14-11-15(31-2)21-16(12-14)33-25(17-9-10-18(26)34-17)20(13-7-5-4-6-8-13)19(23(28)32-3)22(27)24(21,25)29/h4-12,19-20,22,27,29H,1-3H3/t19-,20-,22-,24+,25+/m1/s1. The molecule has 5 atom stereocenters. The van der Waals surface area contributed by atoms with Crippen LogP contribution >= 0.6 is 27.3 Å². The fourth-order valence-electron chi connectivity index (χ4n) is 5.51. The highest BCUT2D eigenvalue weighted by Crippen LogP contribution is 2.71. The van der Waals surface area contributed by atoms with Gasteiger partial charge in [-0.25, -0.2) is 0 Å². The molecule has 0 amide bonds. The van der Waals surface area contributed by atoms with E-state index in [1.54, 1.807) is 12.1 Å². The van der Waals surface area contributed by atoms with Gasteiger partial charge in [0.15, 0.2) is 11.2 Å². The minimum Gasteiger partial charge on any atom is -0.496 e. The lowest BCUT2D eigenvalue weighted by atomic mass is 9.73. The first-order valence-electron chi connectivity index (χ1n) is 10.6. The van der Waals surface area contributed by atoms with Crippen molar-refractivity contribution in [2.75, 3.05) is 21.3 Å². The number of rotatable bonds is 5. The molecule has 5 rings (SSSR count). The van der Waals surface area contributed by atoms with Crippen molar-refractivity contribution in [2.24, 2.45) is 5.92 Å². The topological polar surface area (TPSA) is 94.5 Å². The number of hydrogen-bond donors (Lipinski definition) is 2. The summed E-state index contributed by atoms with van der Waals surface area (Å²) < 4.78 is 23.6. The Bertz CT molecular complexity index is 1250. The molecule has 1 saturated carbocycles. The summed E-state index contributed by atoms with van der Waals surface area (Å²) in [7, 11) is 4.25. The van der Waals surface area contributed by atoms with E-state index in [2.05, 4.69) is 15.9 Å². The third-order valence-electron chi connectivity index (χ3n) is 6.85. The van der Waals surface area contributed by atoms with Gasteiger partial charge >= 0.3 is 5.97 Å². The van der Waals surface area contributed by atoms with Crippen LogP contribution in [0.25, 0.3) is 0 Å². The molecule has 34 heavy (non-hydrogen) atoms. The zero-order chi connectivity index (χ0) is 24.3. The number of aliphatic hydroxyl groups excluding tert-OH is 1. The molecule has 2 aliphatic rings. The molecule has 2 aromatic carbocycles. The van der Waals surface area contributed by atoms with Gasteiger partial charge in [-0.15, -0.1) is 11.3 Å². The van der Waals surface area contributed by atoms with Crippen LogP contribution in [0.2, 0.25) is 0 Å². The second-order valence-corrected chi connectivity index (χ2v) is 10.8. The zero-order valence-electron chi connectivity index (χ0n) is 18.7. The zero-order valence-corrected chi connectivity index (χ0v) is 21.1. The summed E-state index contributed by atoms with van der Waals surface area (Å²) in [6.45, 7) is 0. The smallest absolute Gasteiger partial charge is 0.312 e. The van der Waals surface area contributed by atoms with Gasteiger partial charge in [0.05, 0.1) is 41.5 Å². The summed E-state index contributed by atoms with van der Waals surface area (Å²) in [5.74, 6) is -1.47. The van der Waals surface area contributed by atoms with Gasteiger partial charge in [0.25, 0.3) is 0 Å². The molecular weight excluding hydrogens is 524 g/mol. The molecule has 0 spiro atoms. The number of fused-ring (bicyclic) bond motifs is 3. The first-order chi connectivity index (χ1) is 16.3. The van der Waals surface area contributed by atoms with Crippen molar-refractivity contribution in [1.29, 1.82) is 0 Å². The molecule has 1 aliphatic heterocycles. The number of carbonyl (C=O) groups excluding carboxylic acids is 1. The molecule has 1 aliphatic carbocycles. The van der Waals surface area contributed by atoms with Crippen molar-refractivity contribution >= 4 is 33.2 Å². The summed E-state index contributed by atoms with van der Waals surface area (Å²) in [5.41, 5.74) is -2.61. The third kappa shape index (κ3) is 2.90. The number of ether oxygens (including phenoxy) is 4. The van der Waals surface area contributed by atoms with E-state index >= 15 is 0 Å². The van der Waals surface area contributed by atoms with Gasteiger partial charge in [0, 0.05) is 18.1 Å². The monoisotopic (exact) mass is 546 g/mol. The lowest BCUT2D eigenvalue weighted by Crippen LogP contribution is -2.51. The minimum atomic E-state index is -2.04. The van der Waals surface area contributed by atoms with Crippen molar-refractivity contribution < 1.29 is 34.0 Å². The van der Waals surface area contributed by atoms with E-state index in [9.17, 15) is 15.0 Å². The van der Waals surface area contributed by atoms with Crippen LogP contribution < -0.4 is 14.2 Å². The highest BCUT2D eigenvalue weighted by Gasteiger charge is 2.78. The summed E-state index contributed by atoms with van der Waals surface area (Å²) >= 11 is 4.87. The van der Waals surface area contributed by atoms with E-state index in [4.69, 9.17) is 18.9 Å². The minimum absolute atomic E-state index is 0.264. The second kappa shape index (κ2) is 8.27. The lowest BCUT2D eigenvalue weighted by molar-refractivity contribution is -0.160. The van der Waals surface area contributed by atoms with Crippen LogP contribution in [0.1, 0.15) is 21.9 Å². The van der Waals surface area contributed by atoms with Crippen molar-refractivity contribution in [3.63, 3.8) is 0 Å². The van der Waals surface area contributed by atoms with E-state index in [0.29, 0.717) is 16.4 Å². The Morgan fingerprint density at radius 3 is 2.41 bits per heavy atom. The molecule has 0 unspecified atom stereocenters. The molecule has 7 nitrogen and oxygen atoms in total. The number of methoxy groups -OCH3 is 3. The van der Waals surface area contributed by atoms with Gasteiger partial charge in [-0.05, 0) is 33.6 Å². The maximum absolute atomic E-state index is 13.1. The second-order valence-electron chi connectivity index (χ2n) is 8.29. The molecule has 0 radical (unpaired) electrons. The van der Waals surface area contributed by atoms with Gasteiger partial charge in [-0.3, -0.25) is 4.79 Å². The van der Waals surface area contributed by atoms with Crippen LogP contribution in [0.3, 0.4) is 0 Å². The quantitative estimate of drug-likeness (QED) is 0.468. The molecule has 2 heterocycles. The van der Waals surface area contributed by atoms with Crippen LogP contribution in [0, 0.1) is 5.92 Å². The Morgan fingerprint density at radius 1 is 1.09 bits per heavy atom. The lowest BCUT2D eigenvalue weighted by Gasteiger charge is -2.39. The fourth-order valence-corrected chi connectivity index (χ4v) is 7.12. The number of halogens is 1. The maximum Gasteiger partial charge on any atom is 0.312 e. The summed E-state index contributed by atoms with van der Waals surface area (Å²) in [6, 6.07) is 16.2. The van der Waals surface area contributed by atoms with Gasteiger partial charge in [-0.2, -0.15) is 0 Å². The van der Waals surface area contributed by atoms with Gasteiger partial charge in [-0.1, -0.05) is 30.3 Å². The predicted molar refractivity (Wildman–Crippen MR) is 128 cm³/mol. The number of hydrogen-bond acceptors (Lipinski definition) is 8. The molecule has 178 valence electrons. The SMILES string of the molecule is COC(=O)[C@H]1[C@@H](O)[C@@]2(O)c3c(OC)cc(OC)cc3O[C@@]2(c2ccc(Br)s2)[C@@H]1c1ccccc1. The normalized spacial score (nSPS) is 29.2. The molecule has 0 saturated heterocycles. The third-order valence-corrected chi connectivity index (χ3v) is 8.59. The van der Waals surface area contributed by atoms with E-state index in [0.717, 1.165) is 9.35 Å². The molecule has 3 aromatic rings. The van der Waals surface area contributed by atoms with Gasteiger partial charge < -0.3 is 29.2 Å². The number of aliphatic hydroxyl groups is 2. The van der Waals surface area contributed by atoms with Crippen LogP contribution in [0.5, 0.6) is 17.2 Å². The molecule has 1 aromatic heterocycles. The van der Waals surface area contributed by atoms with E-state index < -0.39 is 35.1 Å². The summed E-state index contributed by atoms with van der Waals surface area (Å²) in [5, 5.41) is 24.3. The Balaban J connectivity index is 1.89. The maximum atomic E-state index is 13.1. The van der Waals surface area contributed by atoms with Crippen LogP contribution in [-0.2, 0) is 20.7 Å². The molecule has 0 bridgehead atoms. The molecule has 9 heteroatoms. The Hall–Kier alpha value is -2.59. The van der Waals surface area contributed by atoms with Crippen molar-refractivity contribution in [3.05, 3.63) is 74.4 Å². The van der Waals surface area contributed by atoms with Crippen molar-refractivity contribution in [2.45, 2.75) is 23.2 Å². The highest BCUT2D eigenvalue weighted by atomic mass is 79.9. The Morgan fingerprint density at radius 2 is 1.82 bits per heavy atom. The average molecular weight is 547 g/mol. The Labute approximate surface area is 209 Å². The highest BCUT2D eigenvalue weighted by molar-refractivity contribution is 9.11. The van der Waals surface area contributed by atoms with Gasteiger partial charge in [0.1, 0.15) is 23.4 Å². The first-order valence-corrected chi connectivity index (χ1v) is 12.2. The van der Waals surface area contributed by atoms with Crippen molar-refractivity contribution in [3.8, 4) is 17.2 Å². The van der Waals surface area contributed by atoms with E-state index in [1.807, 2.05) is 42.5 Å². The number of esters is 1.